The van der Waals surface area contributed by atoms with Gasteiger partial charge in [0.1, 0.15) is 0 Å². The summed E-state index contributed by atoms with van der Waals surface area (Å²) in [7, 11) is -3.39. The summed E-state index contributed by atoms with van der Waals surface area (Å²) in [6.07, 6.45) is 0. The smallest absolute Gasteiger partial charge is 0.260 e. The Morgan fingerprint density at radius 1 is 1.45 bits per heavy atom. The van der Waals surface area contributed by atoms with Gasteiger partial charge in [-0.3, -0.25) is 4.57 Å². The van der Waals surface area contributed by atoms with E-state index in [0.29, 0.717) is 0 Å². The van der Waals surface area contributed by atoms with Gasteiger partial charge in [-0.15, -0.1) is 0 Å². The summed E-state index contributed by atoms with van der Waals surface area (Å²) in [4.78, 5) is 2.48. The zero-order valence-corrected chi connectivity index (χ0v) is 7.38. The molecule has 0 radical (unpaired) electrons. The molecule has 0 spiro atoms. The zero-order chi connectivity index (χ0) is 8.74. The third-order valence-corrected chi connectivity index (χ3v) is 2.30. The Morgan fingerprint density at radius 3 is 2.18 bits per heavy atom. The van der Waals surface area contributed by atoms with Gasteiger partial charge in [0.2, 0.25) is 0 Å². The molecule has 0 rings (SSSR count). The monoisotopic (exact) mass is 177 g/mol. The van der Waals surface area contributed by atoms with Crippen molar-refractivity contribution in [2.45, 2.75) is 13.8 Å². The van der Waals surface area contributed by atoms with E-state index in [2.05, 4.69) is 13.8 Å². The quantitative estimate of drug-likeness (QED) is 0.209. The second-order valence-electron chi connectivity index (χ2n) is 1.53. The maximum atomic E-state index is 11.2. The van der Waals surface area contributed by atoms with Gasteiger partial charge >= 0.3 is 0 Å². The largest absolute Gasteiger partial charge is 0.407 e. The van der Waals surface area contributed by atoms with Gasteiger partial charge in [0.25, 0.3) is 7.60 Å². The normalized spacial score (nSPS) is 10.7. The van der Waals surface area contributed by atoms with Crippen molar-refractivity contribution in [2.75, 3.05) is 13.2 Å². The second kappa shape index (κ2) is 5.22. The summed E-state index contributed by atoms with van der Waals surface area (Å²) < 4.78 is 20.6. The Labute approximate surface area is 65.5 Å². The molecule has 0 N–H and O–H groups in total. The van der Waals surface area contributed by atoms with Crippen LogP contribution in [0.2, 0.25) is 0 Å². The SMILES string of the molecule is CCOP(=O)([C-]=[N+]=[N-])OCC. The van der Waals surface area contributed by atoms with Crippen LogP contribution in [0.1, 0.15) is 13.8 Å². The summed E-state index contributed by atoms with van der Waals surface area (Å²) >= 11 is 0. The Balaban J connectivity index is 4.25. The highest BCUT2D eigenvalue weighted by molar-refractivity contribution is 7.69. The van der Waals surface area contributed by atoms with Crippen molar-refractivity contribution in [3.05, 3.63) is 5.53 Å². The van der Waals surface area contributed by atoms with E-state index in [-0.39, 0.29) is 13.2 Å². The van der Waals surface area contributed by atoms with Gasteiger partial charge < -0.3 is 19.4 Å². The van der Waals surface area contributed by atoms with Gasteiger partial charge in [-0.1, -0.05) is 0 Å². The fourth-order valence-corrected chi connectivity index (χ4v) is 1.47. The van der Waals surface area contributed by atoms with Crippen LogP contribution in [0.15, 0.2) is 0 Å². The minimum Gasteiger partial charge on any atom is -0.407 e. The number of hydrogen-bond acceptors (Lipinski definition) is 3. The van der Waals surface area contributed by atoms with Crippen molar-refractivity contribution < 1.29 is 18.4 Å². The van der Waals surface area contributed by atoms with Gasteiger partial charge in [-0.05, 0) is 13.8 Å². The van der Waals surface area contributed by atoms with E-state index in [1.807, 2.05) is 5.96 Å². The lowest BCUT2D eigenvalue weighted by Gasteiger charge is -2.15. The lowest BCUT2D eigenvalue weighted by molar-refractivity contribution is 0.00453. The van der Waals surface area contributed by atoms with E-state index < -0.39 is 7.60 Å². The van der Waals surface area contributed by atoms with E-state index >= 15 is 0 Å². The van der Waals surface area contributed by atoms with Crippen molar-refractivity contribution in [3.8, 4) is 0 Å². The van der Waals surface area contributed by atoms with Gasteiger partial charge in [0, 0.05) is 0 Å². The van der Waals surface area contributed by atoms with Gasteiger partial charge in [-0.25, -0.2) is 0 Å². The average molecular weight is 177 g/mol. The third kappa shape index (κ3) is 4.06. The molecule has 6 heteroatoms. The van der Waals surface area contributed by atoms with E-state index in [4.69, 9.17) is 5.53 Å². The average Bonchev–Trinajstić information content (AvgIpc) is 1.88. The summed E-state index contributed by atoms with van der Waals surface area (Å²) in [5.74, 6) is 1.85. The Hall–Kier alpha value is -0.470. The predicted molar refractivity (Wildman–Crippen MR) is 39.5 cm³/mol. The standard InChI is InChI=1S/C5H10N2O3P/c1-3-9-11(8,5-7-6)10-4-2/h3-4H2,1-2H3/q-1. The highest BCUT2D eigenvalue weighted by atomic mass is 31.2. The summed E-state index contributed by atoms with van der Waals surface area (Å²) in [6.45, 7) is 3.76. The first kappa shape index (κ1) is 10.5. The van der Waals surface area contributed by atoms with Gasteiger partial charge in [0.15, 0.2) is 0 Å². The van der Waals surface area contributed by atoms with Crippen molar-refractivity contribution in [1.82, 2.24) is 0 Å². The molecule has 0 saturated heterocycles. The van der Waals surface area contributed by atoms with Crippen LogP contribution in [0.4, 0.5) is 0 Å². The van der Waals surface area contributed by atoms with Crippen LogP contribution >= 0.6 is 7.60 Å². The minimum absolute atomic E-state index is 0.222. The summed E-state index contributed by atoms with van der Waals surface area (Å²) in [5.41, 5.74) is 8.04. The van der Waals surface area contributed by atoms with Crippen LogP contribution in [0.25, 0.3) is 5.53 Å². The predicted octanol–water partition coefficient (Wildman–Crippen LogP) is 1.39. The van der Waals surface area contributed by atoms with E-state index in [0.717, 1.165) is 0 Å². The van der Waals surface area contributed by atoms with Gasteiger partial charge in [-0.2, -0.15) is 0 Å². The van der Waals surface area contributed by atoms with Crippen LogP contribution in [-0.2, 0) is 13.6 Å². The molecule has 0 aliphatic rings. The molecule has 11 heavy (non-hydrogen) atoms. The van der Waals surface area contributed by atoms with Crippen molar-refractivity contribution >= 4 is 13.6 Å². The molecular formula is C5H10N2O3P-. The van der Waals surface area contributed by atoms with E-state index in [1.54, 1.807) is 13.8 Å². The molecule has 64 valence electrons. The lowest BCUT2D eigenvalue weighted by Crippen LogP contribution is -1.96. The highest BCUT2D eigenvalue weighted by Crippen LogP contribution is 2.44. The Morgan fingerprint density at radius 2 is 1.91 bits per heavy atom. The topological polar surface area (TPSA) is 71.9 Å². The molecule has 0 aliphatic carbocycles. The molecule has 0 aromatic carbocycles. The number of rotatable bonds is 5. The molecule has 5 nitrogen and oxygen atoms in total. The van der Waals surface area contributed by atoms with Crippen LogP contribution in [0.5, 0.6) is 0 Å². The number of nitrogens with zero attached hydrogens (tertiary/aromatic N) is 2. The molecule has 0 saturated carbocycles. The first-order chi connectivity index (χ1) is 5.18. The Bertz CT molecular complexity index is 190. The molecule has 0 fully saturated rings. The molecule has 0 unspecified atom stereocenters. The van der Waals surface area contributed by atoms with Crippen molar-refractivity contribution in [3.63, 3.8) is 0 Å². The summed E-state index contributed by atoms with van der Waals surface area (Å²) in [6, 6.07) is 0. The van der Waals surface area contributed by atoms with Crippen LogP contribution in [-0.4, -0.2) is 24.0 Å². The van der Waals surface area contributed by atoms with Gasteiger partial charge in [0.05, 0.1) is 19.2 Å². The first-order valence-corrected chi connectivity index (χ1v) is 4.73. The second-order valence-corrected chi connectivity index (χ2v) is 3.24. The Kier molecular flexibility index (Phi) is 4.99. The molecule has 0 amide bonds. The number of hydrogen-bond donors (Lipinski definition) is 0. The van der Waals surface area contributed by atoms with Crippen molar-refractivity contribution in [1.29, 1.82) is 0 Å². The molecule has 0 aromatic heterocycles. The summed E-state index contributed by atoms with van der Waals surface area (Å²) in [5, 5.41) is 0. The molecule has 0 aromatic rings. The fraction of sp³-hybridized carbons (Fsp3) is 0.800. The first-order valence-electron chi connectivity index (χ1n) is 3.19. The zero-order valence-electron chi connectivity index (χ0n) is 6.48. The maximum Gasteiger partial charge on any atom is 0.260 e. The molecular weight excluding hydrogens is 167 g/mol. The lowest BCUT2D eigenvalue weighted by atomic mass is 10.9. The van der Waals surface area contributed by atoms with E-state index in [9.17, 15) is 4.57 Å². The molecule has 0 atom stereocenters. The third-order valence-electron chi connectivity index (χ3n) is 0.765. The fourth-order valence-electron chi connectivity index (χ4n) is 0.490. The molecule has 0 bridgehead atoms. The highest BCUT2D eigenvalue weighted by Gasteiger charge is 2.12. The molecule has 0 heterocycles. The van der Waals surface area contributed by atoms with Crippen LogP contribution < -0.4 is 0 Å². The van der Waals surface area contributed by atoms with Crippen molar-refractivity contribution in [2.24, 2.45) is 0 Å². The minimum atomic E-state index is -3.39. The van der Waals surface area contributed by atoms with Crippen LogP contribution in [0.3, 0.4) is 0 Å². The van der Waals surface area contributed by atoms with Crippen LogP contribution in [0, 0.1) is 0 Å². The maximum absolute atomic E-state index is 11.2. The van der Waals surface area contributed by atoms with E-state index in [1.165, 1.54) is 0 Å². The molecule has 0 aliphatic heterocycles.